The number of nitro groups is 1. The smallest absolute Gasteiger partial charge is 0.345 e. The molecule has 1 atom stereocenters. The molecule has 2 aromatic carbocycles. The molecular formula is C17H15FN2O5. The Morgan fingerprint density at radius 3 is 2.48 bits per heavy atom. The van der Waals surface area contributed by atoms with Gasteiger partial charge in [0.05, 0.1) is 4.92 Å². The van der Waals surface area contributed by atoms with Crippen LogP contribution in [0, 0.1) is 15.9 Å². The molecule has 0 aliphatic heterocycles. The van der Waals surface area contributed by atoms with Gasteiger partial charge in [-0.05, 0) is 30.7 Å². The molecule has 0 radical (unpaired) electrons. The zero-order valence-corrected chi connectivity index (χ0v) is 13.3. The predicted molar refractivity (Wildman–Crippen MR) is 86.2 cm³/mol. The standard InChI is InChI=1S/C17H15FN2O5/c1-11(16(21)19-10-12-6-8-13(18)9-7-12)25-17(22)14-4-2-3-5-15(14)20(23)24/h2-9,11H,10H2,1H3,(H,19,21). The third-order valence-corrected chi connectivity index (χ3v) is 3.35. The van der Waals surface area contributed by atoms with Gasteiger partial charge in [0.15, 0.2) is 6.10 Å². The summed E-state index contributed by atoms with van der Waals surface area (Å²) in [5.74, 6) is -1.92. The molecule has 0 aliphatic carbocycles. The highest BCUT2D eigenvalue weighted by molar-refractivity contribution is 5.95. The van der Waals surface area contributed by atoms with Gasteiger partial charge in [-0.3, -0.25) is 14.9 Å². The Balaban J connectivity index is 1.95. The zero-order valence-electron chi connectivity index (χ0n) is 13.3. The number of esters is 1. The Hall–Kier alpha value is -3.29. The van der Waals surface area contributed by atoms with Gasteiger partial charge in [0.2, 0.25) is 0 Å². The van der Waals surface area contributed by atoms with Crippen LogP contribution in [0.4, 0.5) is 10.1 Å². The molecule has 8 heteroatoms. The second kappa shape index (κ2) is 8.00. The number of hydrogen-bond acceptors (Lipinski definition) is 5. The van der Waals surface area contributed by atoms with Crippen molar-refractivity contribution in [3.05, 3.63) is 75.6 Å². The van der Waals surface area contributed by atoms with Gasteiger partial charge in [-0.25, -0.2) is 9.18 Å². The van der Waals surface area contributed by atoms with Crippen molar-refractivity contribution in [2.24, 2.45) is 0 Å². The molecule has 2 aromatic rings. The molecule has 7 nitrogen and oxygen atoms in total. The van der Waals surface area contributed by atoms with E-state index in [0.717, 1.165) is 0 Å². The fourth-order valence-corrected chi connectivity index (χ4v) is 2.02. The summed E-state index contributed by atoms with van der Waals surface area (Å²) < 4.78 is 17.8. The Kier molecular flexibility index (Phi) is 5.78. The Morgan fingerprint density at radius 2 is 1.84 bits per heavy atom. The molecule has 25 heavy (non-hydrogen) atoms. The highest BCUT2D eigenvalue weighted by atomic mass is 19.1. The van der Waals surface area contributed by atoms with Gasteiger partial charge in [0.1, 0.15) is 11.4 Å². The van der Waals surface area contributed by atoms with Crippen LogP contribution in [0.5, 0.6) is 0 Å². The summed E-state index contributed by atoms with van der Waals surface area (Å²) in [5.41, 5.74) is 0.0454. The molecule has 130 valence electrons. The summed E-state index contributed by atoms with van der Waals surface area (Å²) in [6.45, 7) is 1.49. The van der Waals surface area contributed by atoms with E-state index in [1.54, 1.807) is 0 Å². The van der Waals surface area contributed by atoms with E-state index in [9.17, 15) is 24.1 Å². The molecule has 0 spiro atoms. The van der Waals surface area contributed by atoms with E-state index < -0.39 is 28.6 Å². The number of para-hydroxylation sites is 1. The van der Waals surface area contributed by atoms with Crippen molar-refractivity contribution in [2.45, 2.75) is 19.6 Å². The Labute approximate surface area is 142 Å². The lowest BCUT2D eigenvalue weighted by Crippen LogP contribution is -2.35. The molecular weight excluding hydrogens is 331 g/mol. The summed E-state index contributed by atoms with van der Waals surface area (Å²) in [4.78, 5) is 34.2. The number of amides is 1. The number of carbonyl (C=O) groups excluding carboxylic acids is 2. The molecule has 0 saturated heterocycles. The maximum absolute atomic E-state index is 12.8. The van der Waals surface area contributed by atoms with Crippen molar-refractivity contribution < 1.29 is 23.6 Å². The van der Waals surface area contributed by atoms with Crippen LogP contribution in [0.15, 0.2) is 48.5 Å². The lowest BCUT2D eigenvalue weighted by Gasteiger charge is -2.13. The summed E-state index contributed by atoms with van der Waals surface area (Å²) >= 11 is 0. The van der Waals surface area contributed by atoms with Crippen LogP contribution in [0.25, 0.3) is 0 Å². The van der Waals surface area contributed by atoms with Crippen molar-refractivity contribution in [1.29, 1.82) is 0 Å². The first-order valence-electron chi connectivity index (χ1n) is 7.35. The fraction of sp³-hybridized carbons (Fsp3) is 0.176. The van der Waals surface area contributed by atoms with E-state index in [-0.39, 0.29) is 17.9 Å². The predicted octanol–water partition coefficient (Wildman–Crippen LogP) is 2.60. The number of nitro benzene ring substituents is 1. The van der Waals surface area contributed by atoms with E-state index in [2.05, 4.69) is 5.32 Å². The van der Waals surface area contributed by atoms with Crippen LogP contribution in [0.3, 0.4) is 0 Å². The summed E-state index contributed by atoms with van der Waals surface area (Å²) in [5, 5.41) is 13.5. The second-order valence-corrected chi connectivity index (χ2v) is 5.17. The molecule has 2 rings (SSSR count). The van der Waals surface area contributed by atoms with E-state index in [4.69, 9.17) is 4.74 Å². The first-order chi connectivity index (χ1) is 11.9. The first kappa shape index (κ1) is 18.1. The van der Waals surface area contributed by atoms with Crippen molar-refractivity contribution >= 4 is 17.6 Å². The minimum Gasteiger partial charge on any atom is -0.449 e. The second-order valence-electron chi connectivity index (χ2n) is 5.17. The maximum atomic E-state index is 12.8. The number of hydrogen-bond donors (Lipinski definition) is 1. The average molecular weight is 346 g/mol. The van der Waals surface area contributed by atoms with Crippen molar-refractivity contribution in [3.63, 3.8) is 0 Å². The van der Waals surface area contributed by atoms with Gasteiger partial charge >= 0.3 is 5.97 Å². The first-order valence-corrected chi connectivity index (χ1v) is 7.35. The molecule has 1 unspecified atom stereocenters. The summed E-state index contributed by atoms with van der Waals surface area (Å²) in [7, 11) is 0. The number of carbonyl (C=O) groups is 2. The summed E-state index contributed by atoms with van der Waals surface area (Å²) in [6.07, 6.45) is -1.15. The van der Waals surface area contributed by atoms with Gasteiger partial charge in [-0.2, -0.15) is 0 Å². The van der Waals surface area contributed by atoms with Crippen LogP contribution in [-0.4, -0.2) is 22.9 Å². The molecule has 0 saturated carbocycles. The quantitative estimate of drug-likeness (QED) is 0.492. The third-order valence-electron chi connectivity index (χ3n) is 3.35. The molecule has 1 amide bonds. The highest BCUT2D eigenvalue weighted by Gasteiger charge is 2.24. The zero-order chi connectivity index (χ0) is 18.4. The number of nitrogens with one attached hydrogen (secondary N) is 1. The third kappa shape index (κ3) is 4.84. The van der Waals surface area contributed by atoms with E-state index >= 15 is 0 Å². The van der Waals surface area contributed by atoms with Gasteiger partial charge in [0.25, 0.3) is 11.6 Å². The molecule has 0 fully saturated rings. The van der Waals surface area contributed by atoms with Gasteiger partial charge in [-0.1, -0.05) is 24.3 Å². The lowest BCUT2D eigenvalue weighted by atomic mass is 10.2. The maximum Gasteiger partial charge on any atom is 0.345 e. The number of rotatable bonds is 6. The van der Waals surface area contributed by atoms with Crippen LogP contribution in [-0.2, 0) is 16.1 Å². The molecule has 0 aromatic heterocycles. The highest BCUT2D eigenvalue weighted by Crippen LogP contribution is 2.19. The van der Waals surface area contributed by atoms with Gasteiger partial charge < -0.3 is 10.1 Å². The lowest BCUT2D eigenvalue weighted by molar-refractivity contribution is -0.385. The van der Waals surface area contributed by atoms with Crippen LogP contribution in [0.2, 0.25) is 0 Å². The van der Waals surface area contributed by atoms with E-state index in [1.807, 2.05) is 0 Å². The van der Waals surface area contributed by atoms with E-state index in [0.29, 0.717) is 5.56 Å². The van der Waals surface area contributed by atoms with Crippen molar-refractivity contribution in [3.8, 4) is 0 Å². The van der Waals surface area contributed by atoms with E-state index in [1.165, 1.54) is 55.5 Å². The Bertz CT molecular complexity index is 792. The molecule has 0 heterocycles. The SMILES string of the molecule is CC(OC(=O)c1ccccc1[N+](=O)[O-])C(=O)NCc1ccc(F)cc1. The number of benzene rings is 2. The number of ether oxygens (including phenoxy) is 1. The van der Waals surface area contributed by atoms with Crippen LogP contribution in [0.1, 0.15) is 22.8 Å². The van der Waals surface area contributed by atoms with Crippen molar-refractivity contribution in [1.82, 2.24) is 5.32 Å². The minimum absolute atomic E-state index is 0.131. The van der Waals surface area contributed by atoms with Crippen LogP contribution >= 0.6 is 0 Å². The summed E-state index contributed by atoms with van der Waals surface area (Å²) in [6, 6.07) is 10.9. The van der Waals surface area contributed by atoms with Crippen molar-refractivity contribution in [2.75, 3.05) is 0 Å². The number of nitrogens with zero attached hydrogens (tertiary/aromatic N) is 1. The largest absolute Gasteiger partial charge is 0.449 e. The van der Waals surface area contributed by atoms with Crippen LogP contribution < -0.4 is 5.32 Å². The van der Waals surface area contributed by atoms with Gasteiger partial charge in [0, 0.05) is 12.6 Å². The fourth-order valence-electron chi connectivity index (χ4n) is 2.02. The molecule has 1 N–H and O–H groups in total. The number of halogens is 1. The minimum atomic E-state index is -1.15. The molecule has 0 aliphatic rings. The monoisotopic (exact) mass is 346 g/mol. The average Bonchev–Trinajstić information content (AvgIpc) is 2.60. The topological polar surface area (TPSA) is 98.5 Å². The Morgan fingerprint density at radius 1 is 1.20 bits per heavy atom. The molecule has 0 bridgehead atoms. The normalized spacial score (nSPS) is 11.4. The van der Waals surface area contributed by atoms with Gasteiger partial charge in [-0.15, -0.1) is 0 Å².